The van der Waals surface area contributed by atoms with Gasteiger partial charge in [0.15, 0.2) is 0 Å². The lowest BCUT2D eigenvalue weighted by Crippen LogP contribution is -2.29. The molecule has 0 atom stereocenters. The van der Waals surface area contributed by atoms with Crippen molar-refractivity contribution in [3.8, 4) is 0 Å². The molecule has 0 heterocycles. The van der Waals surface area contributed by atoms with Crippen LogP contribution in [-0.4, -0.2) is 23.8 Å². The van der Waals surface area contributed by atoms with Gasteiger partial charge in [0.05, 0.1) is 0 Å². The monoisotopic (exact) mass is 231 g/mol. The van der Waals surface area contributed by atoms with E-state index < -0.39 is 0 Å². The van der Waals surface area contributed by atoms with Crippen molar-refractivity contribution in [2.45, 2.75) is 38.3 Å². The fourth-order valence-electron chi connectivity index (χ4n) is 2.66. The highest BCUT2D eigenvalue weighted by Crippen LogP contribution is 2.24. The molecule has 1 aromatic carbocycles. The third-order valence-electron chi connectivity index (χ3n) is 3.68. The van der Waals surface area contributed by atoms with Crippen LogP contribution in [0.15, 0.2) is 24.3 Å². The van der Waals surface area contributed by atoms with Gasteiger partial charge >= 0.3 is 0 Å². The SMILES string of the molecule is CN(Cc1ccccc1C(=N)N)C1CCCC1. The highest BCUT2D eigenvalue weighted by atomic mass is 15.1. The summed E-state index contributed by atoms with van der Waals surface area (Å²) in [7, 11) is 2.17. The van der Waals surface area contributed by atoms with E-state index in [4.69, 9.17) is 11.1 Å². The Hall–Kier alpha value is -1.35. The lowest BCUT2D eigenvalue weighted by Gasteiger charge is -2.25. The average molecular weight is 231 g/mol. The molecule has 0 amide bonds. The Balaban J connectivity index is 2.09. The number of hydrogen-bond acceptors (Lipinski definition) is 2. The molecule has 17 heavy (non-hydrogen) atoms. The summed E-state index contributed by atoms with van der Waals surface area (Å²) < 4.78 is 0. The van der Waals surface area contributed by atoms with E-state index >= 15 is 0 Å². The van der Waals surface area contributed by atoms with Gasteiger partial charge in [0.1, 0.15) is 5.84 Å². The van der Waals surface area contributed by atoms with Crippen molar-refractivity contribution in [3.05, 3.63) is 35.4 Å². The van der Waals surface area contributed by atoms with Crippen molar-refractivity contribution in [1.82, 2.24) is 4.90 Å². The minimum Gasteiger partial charge on any atom is -0.384 e. The largest absolute Gasteiger partial charge is 0.384 e. The molecule has 1 saturated carbocycles. The van der Waals surface area contributed by atoms with Gasteiger partial charge in [0, 0.05) is 18.2 Å². The topological polar surface area (TPSA) is 53.1 Å². The number of nitrogens with zero attached hydrogens (tertiary/aromatic N) is 1. The van der Waals surface area contributed by atoms with E-state index in [0.29, 0.717) is 6.04 Å². The predicted molar refractivity (Wildman–Crippen MR) is 71.2 cm³/mol. The summed E-state index contributed by atoms with van der Waals surface area (Å²) in [5.74, 6) is 0.167. The van der Waals surface area contributed by atoms with Gasteiger partial charge in [0.25, 0.3) is 0 Å². The van der Waals surface area contributed by atoms with Crippen LogP contribution in [0.3, 0.4) is 0 Å². The summed E-state index contributed by atoms with van der Waals surface area (Å²) in [6, 6.07) is 8.66. The van der Waals surface area contributed by atoms with Gasteiger partial charge in [-0.05, 0) is 25.5 Å². The van der Waals surface area contributed by atoms with Gasteiger partial charge in [-0.2, -0.15) is 0 Å². The second-order valence-electron chi connectivity index (χ2n) is 4.92. The first kappa shape index (κ1) is 12.1. The Kier molecular flexibility index (Phi) is 3.79. The molecule has 1 aliphatic rings. The third-order valence-corrected chi connectivity index (χ3v) is 3.68. The second-order valence-corrected chi connectivity index (χ2v) is 4.92. The number of rotatable bonds is 4. The molecule has 3 nitrogen and oxygen atoms in total. The maximum Gasteiger partial charge on any atom is 0.123 e. The number of nitrogens with one attached hydrogen (secondary N) is 1. The van der Waals surface area contributed by atoms with Gasteiger partial charge in [0.2, 0.25) is 0 Å². The quantitative estimate of drug-likeness (QED) is 0.617. The Labute approximate surface area is 103 Å². The lowest BCUT2D eigenvalue weighted by molar-refractivity contribution is 0.237. The normalized spacial score (nSPS) is 16.6. The number of amidine groups is 1. The summed E-state index contributed by atoms with van der Waals surface area (Å²) in [6.07, 6.45) is 5.31. The molecule has 3 heteroatoms. The third kappa shape index (κ3) is 2.86. The van der Waals surface area contributed by atoms with Crippen molar-refractivity contribution in [2.75, 3.05) is 7.05 Å². The zero-order valence-corrected chi connectivity index (χ0v) is 10.4. The van der Waals surface area contributed by atoms with Crippen LogP contribution in [0, 0.1) is 5.41 Å². The van der Waals surface area contributed by atoms with E-state index in [9.17, 15) is 0 Å². The molecule has 0 aromatic heterocycles. The van der Waals surface area contributed by atoms with Crippen molar-refractivity contribution in [3.63, 3.8) is 0 Å². The maximum atomic E-state index is 7.59. The Bertz CT molecular complexity index is 394. The van der Waals surface area contributed by atoms with Crippen molar-refractivity contribution in [2.24, 2.45) is 5.73 Å². The molecule has 1 aliphatic carbocycles. The van der Waals surface area contributed by atoms with Gasteiger partial charge in [-0.15, -0.1) is 0 Å². The van der Waals surface area contributed by atoms with E-state index in [0.717, 1.165) is 17.7 Å². The fourth-order valence-corrected chi connectivity index (χ4v) is 2.66. The number of nitrogen functional groups attached to an aromatic ring is 1. The standard InChI is InChI=1S/C14H21N3/c1-17(12-7-3-4-8-12)10-11-6-2-5-9-13(11)14(15)16/h2,5-6,9,12H,3-4,7-8,10H2,1H3,(H3,15,16). The van der Waals surface area contributed by atoms with Crippen molar-refractivity contribution >= 4 is 5.84 Å². The summed E-state index contributed by atoms with van der Waals surface area (Å²) in [5, 5.41) is 7.59. The first-order valence-electron chi connectivity index (χ1n) is 6.31. The minimum absolute atomic E-state index is 0.167. The molecule has 0 unspecified atom stereocenters. The van der Waals surface area contributed by atoms with Crippen LogP contribution in [0.25, 0.3) is 0 Å². The molecular formula is C14H21N3. The summed E-state index contributed by atoms with van der Waals surface area (Å²) in [4.78, 5) is 2.40. The van der Waals surface area contributed by atoms with E-state index in [1.807, 2.05) is 18.2 Å². The second kappa shape index (κ2) is 5.32. The Morgan fingerprint density at radius 1 is 1.35 bits per heavy atom. The minimum atomic E-state index is 0.167. The van der Waals surface area contributed by atoms with Crippen molar-refractivity contribution < 1.29 is 0 Å². The number of hydrogen-bond donors (Lipinski definition) is 2. The summed E-state index contributed by atoms with van der Waals surface area (Å²) in [5.41, 5.74) is 7.64. The van der Waals surface area contributed by atoms with Crippen LogP contribution in [0.1, 0.15) is 36.8 Å². The first-order valence-corrected chi connectivity index (χ1v) is 6.31. The molecule has 2 rings (SSSR count). The molecule has 92 valence electrons. The maximum absolute atomic E-state index is 7.59. The molecule has 0 saturated heterocycles. The van der Waals surface area contributed by atoms with Gasteiger partial charge in [-0.3, -0.25) is 10.3 Å². The van der Waals surface area contributed by atoms with Crippen LogP contribution < -0.4 is 5.73 Å². The van der Waals surface area contributed by atoms with Crippen LogP contribution in [0.2, 0.25) is 0 Å². The van der Waals surface area contributed by atoms with E-state index in [2.05, 4.69) is 18.0 Å². The highest BCUT2D eigenvalue weighted by molar-refractivity contribution is 5.96. The van der Waals surface area contributed by atoms with Crippen molar-refractivity contribution in [1.29, 1.82) is 5.41 Å². The zero-order chi connectivity index (χ0) is 12.3. The van der Waals surface area contributed by atoms with Gasteiger partial charge in [-0.1, -0.05) is 37.1 Å². The molecule has 0 aliphatic heterocycles. The molecule has 0 spiro atoms. The molecule has 3 N–H and O–H groups in total. The van der Waals surface area contributed by atoms with Crippen LogP contribution in [0.4, 0.5) is 0 Å². The zero-order valence-electron chi connectivity index (χ0n) is 10.4. The van der Waals surface area contributed by atoms with E-state index in [1.165, 1.54) is 25.7 Å². The smallest absolute Gasteiger partial charge is 0.123 e. The first-order chi connectivity index (χ1) is 8.18. The predicted octanol–water partition coefficient (Wildman–Crippen LogP) is 2.35. The number of benzene rings is 1. The van der Waals surface area contributed by atoms with Gasteiger partial charge < -0.3 is 5.73 Å². The molecule has 0 radical (unpaired) electrons. The molecule has 1 aromatic rings. The van der Waals surface area contributed by atoms with Gasteiger partial charge in [-0.25, -0.2) is 0 Å². The Morgan fingerprint density at radius 3 is 2.65 bits per heavy atom. The van der Waals surface area contributed by atoms with E-state index in [1.54, 1.807) is 0 Å². The summed E-state index contributed by atoms with van der Waals surface area (Å²) >= 11 is 0. The molecule has 0 bridgehead atoms. The van der Waals surface area contributed by atoms with Crippen LogP contribution >= 0.6 is 0 Å². The van der Waals surface area contributed by atoms with Crippen LogP contribution in [0.5, 0.6) is 0 Å². The molecular weight excluding hydrogens is 210 g/mol. The summed E-state index contributed by atoms with van der Waals surface area (Å²) in [6.45, 7) is 0.889. The van der Waals surface area contributed by atoms with E-state index in [-0.39, 0.29) is 5.84 Å². The molecule has 1 fully saturated rings. The average Bonchev–Trinajstić information content (AvgIpc) is 2.83. The lowest BCUT2D eigenvalue weighted by atomic mass is 10.1. The fraction of sp³-hybridized carbons (Fsp3) is 0.500. The highest BCUT2D eigenvalue weighted by Gasteiger charge is 2.20. The van der Waals surface area contributed by atoms with Crippen LogP contribution in [-0.2, 0) is 6.54 Å². The Morgan fingerprint density at radius 2 is 2.00 bits per heavy atom. The number of nitrogens with two attached hydrogens (primary N) is 1.